The van der Waals surface area contributed by atoms with Crippen LogP contribution in [0.15, 0.2) is 77.1 Å². The maximum atomic E-state index is 14.6. The summed E-state index contributed by atoms with van der Waals surface area (Å²) in [6, 6.07) is 8.02. The van der Waals surface area contributed by atoms with Gasteiger partial charge >= 0.3 is 0 Å². The van der Waals surface area contributed by atoms with Crippen LogP contribution in [0.2, 0.25) is 0 Å². The molecule has 6 heterocycles. The molecule has 15 heteroatoms. The zero-order valence-electron chi connectivity index (χ0n) is 27.5. The Morgan fingerprint density at radius 2 is 1.46 bits per heavy atom. The first kappa shape index (κ1) is 32.9. The van der Waals surface area contributed by atoms with Crippen molar-refractivity contribution in [3.63, 3.8) is 0 Å². The van der Waals surface area contributed by atoms with Crippen LogP contribution in [0.1, 0.15) is 24.0 Å². The topological polar surface area (TPSA) is 165 Å². The van der Waals surface area contributed by atoms with E-state index in [2.05, 4.69) is 35.6 Å². The Bertz CT molecular complexity index is 2570. The van der Waals surface area contributed by atoms with Crippen molar-refractivity contribution in [1.82, 2.24) is 29.5 Å². The highest BCUT2D eigenvalue weighted by Gasteiger charge is 2.44. The van der Waals surface area contributed by atoms with Gasteiger partial charge in [0, 0.05) is 82.7 Å². The molecule has 12 nitrogen and oxygen atoms in total. The lowest BCUT2D eigenvalue weighted by Gasteiger charge is -2.16. The van der Waals surface area contributed by atoms with Gasteiger partial charge in [-0.25, -0.2) is 23.1 Å². The monoisotopic (exact) mass is 706 g/mol. The minimum absolute atomic E-state index is 0.0887. The molecule has 2 aliphatic carbocycles. The standard InChI is InChI=1S/C37H29F3N8O4/c1-17-25(14-42-16-29(17)40)22-7-20-13-44-33(47-36(51)24-9-28(24)39)11-31(20)48(37(22)52)5-3-18-2-4-41-15-26(18)21-6-19-12-43-32(10-30(19)45-34(21)49)46-35(50)23-8-27(23)38/h2,4,6-7,10-16,23-24,27-28H,3,5,8-9H2,1H3,(H,45,49)(H,43,46,50)(H,44,47,51)/t23?,24-,27?,28-/m0/s1. The summed E-state index contributed by atoms with van der Waals surface area (Å²) in [5, 5.41) is 6.31. The fraction of sp³-hybridized carbons (Fsp3) is 0.243. The fourth-order valence-corrected chi connectivity index (χ4v) is 6.32. The molecule has 2 fully saturated rings. The van der Waals surface area contributed by atoms with Crippen LogP contribution in [0.4, 0.5) is 24.8 Å². The van der Waals surface area contributed by atoms with Crippen LogP contribution in [0, 0.1) is 24.6 Å². The molecule has 8 rings (SSSR count). The lowest BCUT2D eigenvalue weighted by atomic mass is 9.99. The van der Waals surface area contributed by atoms with E-state index in [9.17, 15) is 32.3 Å². The van der Waals surface area contributed by atoms with Crippen LogP contribution in [0.25, 0.3) is 44.1 Å². The number of anilines is 2. The van der Waals surface area contributed by atoms with Crippen molar-refractivity contribution in [1.29, 1.82) is 0 Å². The Labute approximate surface area is 292 Å². The zero-order chi connectivity index (χ0) is 36.3. The highest BCUT2D eigenvalue weighted by atomic mass is 19.1. The molecule has 2 amide bonds. The van der Waals surface area contributed by atoms with Crippen molar-refractivity contribution in [2.45, 2.75) is 45.1 Å². The van der Waals surface area contributed by atoms with E-state index in [0.717, 1.165) is 6.20 Å². The lowest BCUT2D eigenvalue weighted by molar-refractivity contribution is -0.118. The number of hydrogen-bond donors (Lipinski definition) is 3. The van der Waals surface area contributed by atoms with Gasteiger partial charge < -0.3 is 20.2 Å². The van der Waals surface area contributed by atoms with Crippen LogP contribution in [0.3, 0.4) is 0 Å². The zero-order valence-corrected chi connectivity index (χ0v) is 27.5. The summed E-state index contributed by atoms with van der Waals surface area (Å²) in [6.45, 7) is 1.64. The fourth-order valence-electron chi connectivity index (χ4n) is 6.32. The van der Waals surface area contributed by atoms with Crippen molar-refractivity contribution in [3.8, 4) is 22.3 Å². The summed E-state index contributed by atoms with van der Waals surface area (Å²) in [5.74, 6) is -2.66. The third-order valence-corrected chi connectivity index (χ3v) is 9.56. The van der Waals surface area contributed by atoms with Gasteiger partial charge in [-0.2, -0.15) is 0 Å². The van der Waals surface area contributed by atoms with E-state index in [-0.39, 0.29) is 48.6 Å². The second-order valence-corrected chi connectivity index (χ2v) is 13.1. The third kappa shape index (κ3) is 6.18. The molecule has 3 N–H and O–H groups in total. The van der Waals surface area contributed by atoms with Gasteiger partial charge in [-0.15, -0.1) is 0 Å². The molecule has 2 unspecified atom stereocenters. The van der Waals surface area contributed by atoms with Crippen LogP contribution in [0.5, 0.6) is 0 Å². The average Bonchev–Trinajstić information content (AvgIpc) is 4.06. The SMILES string of the molecule is Cc1c(F)cncc1-c1cc2cnc(NC(=O)[C@H]3C[C@@H]3F)cc2n(CCc2ccncc2-c2cc3cnc(NC(=O)C4CC4F)cc3[nH]c2=O)c1=O. The van der Waals surface area contributed by atoms with Crippen LogP contribution in [-0.2, 0) is 22.6 Å². The summed E-state index contributed by atoms with van der Waals surface area (Å²) in [4.78, 5) is 72.0. The number of nitrogens with zero attached hydrogens (tertiary/aromatic N) is 5. The number of aromatic nitrogens is 6. The van der Waals surface area contributed by atoms with E-state index in [4.69, 9.17) is 0 Å². The molecule has 2 aliphatic rings. The molecule has 52 heavy (non-hydrogen) atoms. The van der Waals surface area contributed by atoms with E-state index in [1.54, 1.807) is 37.5 Å². The van der Waals surface area contributed by atoms with Crippen molar-refractivity contribution < 1.29 is 22.8 Å². The smallest absolute Gasteiger partial charge is 0.259 e. The van der Waals surface area contributed by atoms with Gasteiger partial charge in [0.25, 0.3) is 11.1 Å². The molecule has 6 aromatic rings. The first-order chi connectivity index (χ1) is 25.0. The minimum atomic E-state index is -1.20. The van der Waals surface area contributed by atoms with Gasteiger partial charge in [0.1, 0.15) is 29.8 Å². The molecule has 0 aliphatic heterocycles. The number of carbonyl (C=O) groups is 2. The van der Waals surface area contributed by atoms with Gasteiger partial charge in [-0.05, 0) is 55.5 Å². The highest BCUT2D eigenvalue weighted by Crippen LogP contribution is 2.36. The largest absolute Gasteiger partial charge is 0.321 e. The number of H-pyrrole nitrogens is 1. The second kappa shape index (κ2) is 12.8. The second-order valence-electron chi connectivity index (χ2n) is 13.1. The van der Waals surface area contributed by atoms with Gasteiger partial charge in [0.15, 0.2) is 0 Å². The Balaban J connectivity index is 1.15. The molecular weight excluding hydrogens is 677 g/mol. The molecule has 0 bridgehead atoms. The minimum Gasteiger partial charge on any atom is -0.321 e. The number of halogens is 3. The van der Waals surface area contributed by atoms with Gasteiger partial charge in [0.2, 0.25) is 11.8 Å². The van der Waals surface area contributed by atoms with E-state index >= 15 is 0 Å². The Morgan fingerprint density at radius 3 is 2.15 bits per heavy atom. The number of amides is 2. The molecule has 4 atom stereocenters. The molecular formula is C37H29F3N8O4. The summed E-state index contributed by atoms with van der Waals surface area (Å²) < 4.78 is 43.0. The molecule has 2 saturated carbocycles. The van der Waals surface area contributed by atoms with Gasteiger partial charge in [-0.1, -0.05) is 0 Å². The Kier molecular flexibility index (Phi) is 8.12. The number of hydrogen-bond acceptors (Lipinski definition) is 8. The third-order valence-electron chi connectivity index (χ3n) is 9.56. The molecule has 0 aromatic carbocycles. The quantitative estimate of drug-likeness (QED) is 0.188. The van der Waals surface area contributed by atoms with E-state index in [1.165, 1.54) is 35.3 Å². The van der Waals surface area contributed by atoms with Crippen molar-refractivity contribution in [2.75, 3.05) is 10.6 Å². The number of carbonyl (C=O) groups excluding carboxylic acids is 2. The predicted molar refractivity (Wildman–Crippen MR) is 186 cm³/mol. The summed E-state index contributed by atoms with van der Waals surface area (Å²) in [5.41, 5.74) is 2.17. The molecule has 0 saturated heterocycles. The number of aromatic amines is 1. The van der Waals surface area contributed by atoms with Gasteiger partial charge in [0.05, 0.1) is 29.1 Å². The lowest BCUT2D eigenvalue weighted by Crippen LogP contribution is -2.24. The first-order valence-electron chi connectivity index (χ1n) is 16.6. The number of rotatable bonds is 9. The number of pyridine rings is 6. The van der Waals surface area contributed by atoms with Gasteiger partial charge in [-0.3, -0.25) is 29.1 Å². The van der Waals surface area contributed by atoms with Crippen LogP contribution in [-0.4, -0.2) is 53.6 Å². The number of alkyl halides is 2. The summed E-state index contributed by atoms with van der Waals surface area (Å²) in [7, 11) is 0. The average molecular weight is 707 g/mol. The number of nitrogens with one attached hydrogen (secondary N) is 3. The maximum Gasteiger partial charge on any atom is 0.259 e. The van der Waals surface area contributed by atoms with E-state index in [1.807, 2.05) is 0 Å². The van der Waals surface area contributed by atoms with E-state index in [0.29, 0.717) is 44.1 Å². The molecule has 0 spiro atoms. The normalized spacial score (nSPS) is 19.1. The number of fused-ring (bicyclic) bond motifs is 2. The van der Waals surface area contributed by atoms with Crippen molar-refractivity contribution in [3.05, 3.63) is 105 Å². The summed E-state index contributed by atoms with van der Waals surface area (Å²) in [6.07, 6.45) is 6.76. The first-order valence-corrected chi connectivity index (χ1v) is 16.6. The highest BCUT2D eigenvalue weighted by molar-refractivity contribution is 5.97. The Morgan fingerprint density at radius 1 is 0.827 bits per heavy atom. The molecule has 0 radical (unpaired) electrons. The predicted octanol–water partition coefficient (Wildman–Crippen LogP) is 5.04. The van der Waals surface area contributed by atoms with Crippen LogP contribution < -0.4 is 21.8 Å². The molecule has 262 valence electrons. The van der Waals surface area contributed by atoms with Crippen molar-refractivity contribution in [2.24, 2.45) is 11.8 Å². The summed E-state index contributed by atoms with van der Waals surface area (Å²) >= 11 is 0. The Hall–Kier alpha value is -6.25. The van der Waals surface area contributed by atoms with E-state index < -0.39 is 52.9 Å². The van der Waals surface area contributed by atoms with Crippen LogP contribution >= 0.6 is 0 Å². The number of aryl methyl sites for hydroxylation is 2. The maximum absolute atomic E-state index is 14.6. The molecule has 6 aromatic heterocycles. The van der Waals surface area contributed by atoms with Crippen molar-refractivity contribution >= 4 is 45.3 Å².